The molecule has 0 aliphatic carbocycles. The topological polar surface area (TPSA) is 104 Å². The Bertz CT molecular complexity index is 942. The van der Waals surface area contributed by atoms with Gasteiger partial charge in [-0.1, -0.05) is 30.3 Å². The van der Waals surface area contributed by atoms with Gasteiger partial charge in [0.2, 0.25) is 0 Å². The Morgan fingerprint density at radius 3 is 2.25 bits per heavy atom. The van der Waals surface area contributed by atoms with Gasteiger partial charge in [-0.05, 0) is 34.5 Å². The van der Waals surface area contributed by atoms with Crippen molar-refractivity contribution in [3.05, 3.63) is 57.7 Å². The Hall–Kier alpha value is -3.27. The van der Waals surface area contributed by atoms with Crippen LogP contribution in [-0.4, -0.2) is 5.11 Å². The number of aryl methyl sites for hydroxylation is 1. The molecule has 116 valence electrons. The lowest BCUT2D eigenvalue weighted by atomic mass is 10.0. The highest BCUT2D eigenvalue weighted by Gasteiger charge is 2.16. The summed E-state index contributed by atoms with van der Waals surface area (Å²) in [6.07, 6.45) is 0. The van der Waals surface area contributed by atoms with Gasteiger partial charge in [0.25, 0.3) is 0 Å². The van der Waals surface area contributed by atoms with Crippen LogP contribution in [0.4, 0.5) is 5.69 Å². The number of nitrogens with one attached hydrogen (secondary N) is 1. The van der Waals surface area contributed by atoms with Crippen LogP contribution >= 0.6 is 15.9 Å². The number of nitrogens with zero attached hydrogens (tertiary/aromatic N) is 3. The minimum absolute atomic E-state index is 0.0829. The van der Waals surface area contributed by atoms with Crippen molar-refractivity contribution in [2.24, 2.45) is 0 Å². The van der Waals surface area contributed by atoms with Crippen molar-refractivity contribution >= 4 is 21.6 Å². The number of halogens is 1. The predicted octanol–water partition coefficient (Wildman–Crippen LogP) is 4.37. The third-order valence-corrected chi connectivity index (χ3v) is 4.39. The summed E-state index contributed by atoms with van der Waals surface area (Å²) >= 11 is 3.46. The zero-order chi connectivity index (χ0) is 17.7. The summed E-state index contributed by atoms with van der Waals surface area (Å²) < 4.78 is 0.672. The molecule has 0 heterocycles. The molecule has 5 nitrogen and oxygen atoms in total. The molecule has 0 aliphatic rings. The minimum atomic E-state index is -0.311. The molecule has 6 heteroatoms. The number of hydrogen-bond acceptors (Lipinski definition) is 5. The SMILES string of the molecule is Cc1ccc(-c2ccccc2O)c(NC(C#N)=C(C#N)C#N)c1Br. The molecule has 0 bridgehead atoms. The van der Waals surface area contributed by atoms with Crippen LogP contribution in [0.25, 0.3) is 11.1 Å². The van der Waals surface area contributed by atoms with Gasteiger partial charge in [0.1, 0.15) is 29.7 Å². The maximum absolute atomic E-state index is 10.1. The van der Waals surface area contributed by atoms with Gasteiger partial charge in [0.05, 0.1) is 5.69 Å². The molecule has 0 fully saturated rings. The Morgan fingerprint density at radius 1 is 1.00 bits per heavy atom. The first-order valence-corrected chi connectivity index (χ1v) is 7.61. The molecule has 2 rings (SSSR count). The third-order valence-electron chi connectivity index (χ3n) is 3.36. The summed E-state index contributed by atoms with van der Waals surface area (Å²) in [4.78, 5) is 0. The first-order chi connectivity index (χ1) is 11.5. The van der Waals surface area contributed by atoms with Gasteiger partial charge < -0.3 is 10.4 Å². The first-order valence-electron chi connectivity index (χ1n) is 6.82. The largest absolute Gasteiger partial charge is 0.507 e. The number of phenolic OH excluding ortho intramolecular Hbond substituents is 1. The molecule has 0 unspecified atom stereocenters. The molecule has 2 aromatic carbocycles. The molecule has 0 aromatic heterocycles. The van der Waals surface area contributed by atoms with Crippen molar-refractivity contribution in [2.45, 2.75) is 6.92 Å². The number of hydrogen-bond donors (Lipinski definition) is 2. The van der Waals surface area contributed by atoms with Gasteiger partial charge in [-0.15, -0.1) is 0 Å². The maximum Gasteiger partial charge on any atom is 0.163 e. The number of nitriles is 3. The van der Waals surface area contributed by atoms with Crippen LogP contribution in [0.15, 0.2) is 52.1 Å². The van der Waals surface area contributed by atoms with E-state index in [4.69, 9.17) is 10.5 Å². The van der Waals surface area contributed by atoms with Crippen LogP contribution in [-0.2, 0) is 0 Å². The van der Waals surface area contributed by atoms with Gasteiger partial charge >= 0.3 is 0 Å². The summed E-state index contributed by atoms with van der Waals surface area (Å²) in [6.45, 7) is 1.87. The average molecular weight is 379 g/mol. The number of allylic oxidation sites excluding steroid dienone is 2. The van der Waals surface area contributed by atoms with Crippen LogP contribution in [0.5, 0.6) is 5.75 Å². The zero-order valence-corrected chi connectivity index (χ0v) is 14.2. The van der Waals surface area contributed by atoms with Gasteiger partial charge in [-0.2, -0.15) is 15.8 Å². The van der Waals surface area contributed by atoms with E-state index in [-0.39, 0.29) is 17.0 Å². The van der Waals surface area contributed by atoms with E-state index in [1.54, 1.807) is 42.5 Å². The second-order valence-corrected chi connectivity index (χ2v) is 5.64. The quantitative estimate of drug-likeness (QED) is 0.771. The second kappa shape index (κ2) is 7.33. The van der Waals surface area contributed by atoms with E-state index in [1.165, 1.54) is 0 Å². The van der Waals surface area contributed by atoms with Crippen molar-refractivity contribution in [2.75, 3.05) is 5.32 Å². The zero-order valence-electron chi connectivity index (χ0n) is 12.6. The second-order valence-electron chi connectivity index (χ2n) is 4.85. The predicted molar refractivity (Wildman–Crippen MR) is 93.5 cm³/mol. The lowest BCUT2D eigenvalue weighted by Crippen LogP contribution is -2.04. The monoisotopic (exact) mass is 378 g/mol. The van der Waals surface area contributed by atoms with E-state index in [0.29, 0.717) is 21.3 Å². The highest BCUT2D eigenvalue weighted by molar-refractivity contribution is 9.10. The first kappa shape index (κ1) is 17.1. The molecule has 0 amide bonds. The minimum Gasteiger partial charge on any atom is -0.507 e. The Labute approximate surface area is 147 Å². The van der Waals surface area contributed by atoms with Crippen LogP contribution in [0, 0.1) is 40.9 Å². The van der Waals surface area contributed by atoms with E-state index >= 15 is 0 Å². The lowest BCUT2D eigenvalue weighted by molar-refractivity contribution is 0.477. The van der Waals surface area contributed by atoms with E-state index < -0.39 is 0 Å². The number of para-hydroxylation sites is 1. The van der Waals surface area contributed by atoms with Crippen LogP contribution in [0.1, 0.15) is 5.56 Å². The summed E-state index contributed by atoms with van der Waals surface area (Å²) in [7, 11) is 0. The fraction of sp³-hybridized carbons (Fsp3) is 0.0556. The molecule has 2 N–H and O–H groups in total. The van der Waals surface area contributed by atoms with Gasteiger partial charge in [0.15, 0.2) is 5.57 Å². The number of aromatic hydroxyl groups is 1. The number of phenols is 1. The van der Waals surface area contributed by atoms with E-state index in [1.807, 2.05) is 19.1 Å². The van der Waals surface area contributed by atoms with Crippen LogP contribution < -0.4 is 5.32 Å². The Morgan fingerprint density at radius 2 is 1.67 bits per heavy atom. The van der Waals surface area contributed by atoms with Crippen LogP contribution in [0.2, 0.25) is 0 Å². The third kappa shape index (κ3) is 3.22. The molecule has 24 heavy (non-hydrogen) atoms. The van der Waals surface area contributed by atoms with Crippen molar-refractivity contribution in [1.29, 1.82) is 15.8 Å². The fourth-order valence-electron chi connectivity index (χ4n) is 2.14. The van der Waals surface area contributed by atoms with Gasteiger partial charge in [-0.3, -0.25) is 0 Å². The standard InChI is InChI=1S/C18H11BrN4O/c1-11-6-7-14(13-4-2-3-5-16(13)24)18(17(11)19)23-15(10-22)12(8-20)9-21/h2-7,23-24H,1H3. The highest BCUT2D eigenvalue weighted by atomic mass is 79.9. The summed E-state index contributed by atoms with van der Waals surface area (Å²) in [5, 5.41) is 40.2. The normalized spacial score (nSPS) is 9.29. The van der Waals surface area contributed by atoms with E-state index in [0.717, 1.165) is 5.56 Å². The fourth-order valence-corrected chi connectivity index (χ4v) is 2.58. The average Bonchev–Trinajstić information content (AvgIpc) is 2.59. The smallest absolute Gasteiger partial charge is 0.163 e. The van der Waals surface area contributed by atoms with Crippen molar-refractivity contribution in [1.82, 2.24) is 0 Å². The Kier molecular flexibility index (Phi) is 5.22. The number of rotatable bonds is 3. The maximum atomic E-state index is 10.1. The summed E-state index contributed by atoms with van der Waals surface area (Å²) in [5.41, 5.74) is 2.12. The number of benzene rings is 2. The molecule has 0 aliphatic heterocycles. The van der Waals surface area contributed by atoms with Crippen molar-refractivity contribution < 1.29 is 5.11 Å². The van der Waals surface area contributed by atoms with E-state index in [9.17, 15) is 10.4 Å². The van der Waals surface area contributed by atoms with Crippen molar-refractivity contribution in [3.8, 4) is 35.1 Å². The molecule has 2 aromatic rings. The van der Waals surface area contributed by atoms with E-state index in [2.05, 4.69) is 21.2 Å². The van der Waals surface area contributed by atoms with Gasteiger partial charge in [-0.25, -0.2) is 0 Å². The van der Waals surface area contributed by atoms with Crippen LogP contribution in [0.3, 0.4) is 0 Å². The van der Waals surface area contributed by atoms with Gasteiger partial charge in [0, 0.05) is 15.6 Å². The highest BCUT2D eigenvalue weighted by Crippen LogP contribution is 2.40. The van der Waals surface area contributed by atoms with Crippen molar-refractivity contribution in [3.63, 3.8) is 0 Å². The number of anilines is 1. The molecular weight excluding hydrogens is 368 g/mol. The summed E-state index contributed by atoms with van der Waals surface area (Å²) in [6, 6.07) is 15.7. The molecule has 0 spiro atoms. The molecule has 0 saturated carbocycles. The molecule has 0 radical (unpaired) electrons. The molecule has 0 saturated heterocycles. The molecular formula is C18H11BrN4O. The molecule has 0 atom stereocenters. The Balaban J connectivity index is 2.71. The lowest BCUT2D eigenvalue weighted by Gasteiger charge is -2.16. The summed E-state index contributed by atoms with van der Waals surface area (Å²) in [5.74, 6) is 0.0829.